The van der Waals surface area contributed by atoms with Crippen molar-refractivity contribution in [1.82, 2.24) is 10.2 Å². The molecule has 1 saturated heterocycles. The molecule has 0 bridgehead atoms. The Morgan fingerprint density at radius 3 is 2.83 bits per heavy atom. The van der Waals surface area contributed by atoms with Gasteiger partial charge in [0, 0.05) is 19.6 Å². The Balaban J connectivity index is 1.91. The second-order valence-electron chi connectivity index (χ2n) is 4.50. The van der Waals surface area contributed by atoms with E-state index in [2.05, 4.69) is 5.32 Å². The Hall–Kier alpha value is -1.55. The number of benzene rings is 1. The Kier molecular flexibility index (Phi) is 4.59. The molecular formula is C14H20N2O2. The normalized spacial score (nSPS) is 17.9. The zero-order chi connectivity index (χ0) is 12.8. The van der Waals surface area contributed by atoms with E-state index in [9.17, 15) is 4.79 Å². The van der Waals surface area contributed by atoms with E-state index in [4.69, 9.17) is 4.74 Å². The second-order valence-corrected chi connectivity index (χ2v) is 4.50. The summed E-state index contributed by atoms with van der Waals surface area (Å²) < 4.78 is 5.66. The van der Waals surface area contributed by atoms with Crippen molar-refractivity contribution >= 4 is 5.91 Å². The van der Waals surface area contributed by atoms with E-state index in [1.807, 2.05) is 42.2 Å². The number of amides is 1. The minimum absolute atomic E-state index is 0.0718. The number of nitrogens with one attached hydrogen (secondary N) is 1. The van der Waals surface area contributed by atoms with E-state index in [1.54, 1.807) is 0 Å². The average molecular weight is 248 g/mol. The molecule has 1 fully saturated rings. The lowest BCUT2D eigenvalue weighted by Gasteiger charge is -2.24. The maximum Gasteiger partial charge on any atom is 0.263 e. The van der Waals surface area contributed by atoms with Crippen LogP contribution in [0.15, 0.2) is 30.3 Å². The van der Waals surface area contributed by atoms with Crippen molar-refractivity contribution in [3.05, 3.63) is 30.3 Å². The molecule has 0 aliphatic carbocycles. The molecule has 4 heteroatoms. The third kappa shape index (κ3) is 3.47. The number of ether oxygens (including phenoxy) is 1. The molecular weight excluding hydrogens is 228 g/mol. The first-order valence-electron chi connectivity index (χ1n) is 6.48. The van der Waals surface area contributed by atoms with Crippen LogP contribution >= 0.6 is 0 Å². The number of hydrogen-bond donors (Lipinski definition) is 1. The SMILES string of the molecule is CC(Oc1ccccc1)C(=O)N1CCCNCC1. The molecule has 1 aliphatic rings. The van der Waals surface area contributed by atoms with Crippen molar-refractivity contribution < 1.29 is 9.53 Å². The Morgan fingerprint density at radius 1 is 1.28 bits per heavy atom. The smallest absolute Gasteiger partial charge is 0.263 e. The molecule has 0 aromatic heterocycles. The van der Waals surface area contributed by atoms with Crippen LogP contribution in [0.4, 0.5) is 0 Å². The van der Waals surface area contributed by atoms with Gasteiger partial charge in [0.1, 0.15) is 5.75 Å². The zero-order valence-electron chi connectivity index (χ0n) is 10.8. The first kappa shape index (κ1) is 12.9. The summed E-state index contributed by atoms with van der Waals surface area (Å²) in [6.45, 7) is 5.24. The lowest BCUT2D eigenvalue weighted by atomic mass is 10.3. The number of hydrogen-bond acceptors (Lipinski definition) is 3. The highest BCUT2D eigenvalue weighted by molar-refractivity contribution is 5.80. The number of nitrogens with zero attached hydrogens (tertiary/aromatic N) is 1. The van der Waals surface area contributed by atoms with Crippen LogP contribution in [0.25, 0.3) is 0 Å². The van der Waals surface area contributed by atoms with Crippen LogP contribution in [0.3, 0.4) is 0 Å². The highest BCUT2D eigenvalue weighted by atomic mass is 16.5. The fraction of sp³-hybridized carbons (Fsp3) is 0.500. The van der Waals surface area contributed by atoms with Crippen molar-refractivity contribution in [1.29, 1.82) is 0 Å². The molecule has 1 aromatic rings. The molecule has 4 nitrogen and oxygen atoms in total. The van der Waals surface area contributed by atoms with E-state index in [1.165, 1.54) is 0 Å². The lowest BCUT2D eigenvalue weighted by molar-refractivity contribution is -0.137. The highest BCUT2D eigenvalue weighted by Crippen LogP contribution is 2.12. The molecule has 1 N–H and O–H groups in total. The molecule has 1 heterocycles. The van der Waals surface area contributed by atoms with Gasteiger partial charge in [-0.2, -0.15) is 0 Å². The van der Waals surface area contributed by atoms with Crippen LogP contribution in [0, 0.1) is 0 Å². The van der Waals surface area contributed by atoms with Gasteiger partial charge in [-0.05, 0) is 32.0 Å². The van der Waals surface area contributed by atoms with Crippen LogP contribution in [0.1, 0.15) is 13.3 Å². The summed E-state index contributed by atoms with van der Waals surface area (Å²) in [5, 5.41) is 3.29. The van der Waals surface area contributed by atoms with Crippen LogP contribution < -0.4 is 10.1 Å². The fourth-order valence-electron chi connectivity index (χ4n) is 2.08. The third-order valence-corrected chi connectivity index (χ3v) is 3.06. The predicted octanol–water partition coefficient (Wildman–Crippen LogP) is 1.28. The first-order chi connectivity index (χ1) is 8.77. The van der Waals surface area contributed by atoms with Crippen molar-refractivity contribution in [2.24, 2.45) is 0 Å². The lowest BCUT2D eigenvalue weighted by Crippen LogP contribution is -2.42. The van der Waals surface area contributed by atoms with Crippen molar-refractivity contribution in [3.63, 3.8) is 0 Å². The van der Waals surface area contributed by atoms with Gasteiger partial charge in [-0.15, -0.1) is 0 Å². The number of carbonyl (C=O) groups is 1. The predicted molar refractivity (Wildman–Crippen MR) is 70.6 cm³/mol. The van der Waals surface area contributed by atoms with E-state index in [0.29, 0.717) is 0 Å². The van der Waals surface area contributed by atoms with Crippen LogP contribution in [-0.4, -0.2) is 43.1 Å². The molecule has 0 radical (unpaired) electrons. The second kappa shape index (κ2) is 6.40. The summed E-state index contributed by atoms with van der Waals surface area (Å²) in [6.07, 6.45) is 0.578. The van der Waals surface area contributed by atoms with Gasteiger partial charge in [0.25, 0.3) is 5.91 Å². The van der Waals surface area contributed by atoms with E-state index >= 15 is 0 Å². The van der Waals surface area contributed by atoms with Gasteiger partial charge >= 0.3 is 0 Å². The summed E-state index contributed by atoms with van der Waals surface area (Å²) in [5.41, 5.74) is 0. The monoisotopic (exact) mass is 248 g/mol. The van der Waals surface area contributed by atoms with Gasteiger partial charge in [0.2, 0.25) is 0 Å². The van der Waals surface area contributed by atoms with E-state index < -0.39 is 6.10 Å². The standard InChI is InChI=1S/C14H20N2O2/c1-12(18-13-6-3-2-4-7-13)14(17)16-10-5-8-15-9-11-16/h2-4,6-7,12,15H,5,8-11H2,1H3. The number of carbonyl (C=O) groups excluding carboxylic acids is 1. The topological polar surface area (TPSA) is 41.6 Å². The summed E-state index contributed by atoms with van der Waals surface area (Å²) in [7, 11) is 0. The maximum atomic E-state index is 12.2. The summed E-state index contributed by atoms with van der Waals surface area (Å²) >= 11 is 0. The summed E-state index contributed by atoms with van der Waals surface area (Å²) in [5.74, 6) is 0.814. The maximum absolute atomic E-state index is 12.2. The Labute approximate surface area is 108 Å². The average Bonchev–Trinajstić information content (AvgIpc) is 2.68. The highest BCUT2D eigenvalue weighted by Gasteiger charge is 2.22. The molecule has 98 valence electrons. The fourth-order valence-corrected chi connectivity index (χ4v) is 2.08. The van der Waals surface area contributed by atoms with Gasteiger partial charge in [-0.1, -0.05) is 18.2 Å². The molecule has 1 atom stereocenters. The van der Waals surface area contributed by atoms with Gasteiger partial charge in [0.15, 0.2) is 6.10 Å². The van der Waals surface area contributed by atoms with E-state index in [-0.39, 0.29) is 5.91 Å². The van der Waals surface area contributed by atoms with Crippen molar-refractivity contribution in [2.75, 3.05) is 26.2 Å². The zero-order valence-corrected chi connectivity index (χ0v) is 10.8. The quantitative estimate of drug-likeness (QED) is 0.876. The van der Waals surface area contributed by atoms with Crippen LogP contribution in [0.2, 0.25) is 0 Å². The molecule has 1 amide bonds. The molecule has 18 heavy (non-hydrogen) atoms. The summed E-state index contributed by atoms with van der Waals surface area (Å²) in [4.78, 5) is 14.1. The molecule has 0 saturated carbocycles. The Bertz CT molecular complexity index is 373. The van der Waals surface area contributed by atoms with Gasteiger partial charge in [0.05, 0.1) is 0 Å². The summed E-state index contributed by atoms with van der Waals surface area (Å²) in [6, 6.07) is 9.48. The minimum atomic E-state index is -0.425. The minimum Gasteiger partial charge on any atom is -0.481 e. The largest absolute Gasteiger partial charge is 0.481 e. The van der Waals surface area contributed by atoms with E-state index in [0.717, 1.165) is 38.3 Å². The molecule has 1 aliphatic heterocycles. The van der Waals surface area contributed by atoms with Gasteiger partial charge in [-0.3, -0.25) is 4.79 Å². The molecule has 1 unspecified atom stereocenters. The molecule has 1 aromatic carbocycles. The van der Waals surface area contributed by atoms with Crippen LogP contribution in [-0.2, 0) is 4.79 Å². The third-order valence-electron chi connectivity index (χ3n) is 3.06. The first-order valence-corrected chi connectivity index (χ1v) is 6.48. The van der Waals surface area contributed by atoms with Crippen molar-refractivity contribution in [2.45, 2.75) is 19.4 Å². The Morgan fingerprint density at radius 2 is 2.06 bits per heavy atom. The molecule has 0 spiro atoms. The van der Waals surface area contributed by atoms with Crippen molar-refractivity contribution in [3.8, 4) is 5.75 Å². The number of rotatable bonds is 3. The van der Waals surface area contributed by atoms with Gasteiger partial charge < -0.3 is 15.0 Å². The number of para-hydroxylation sites is 1. The molecule has 2 rings (SSSR count). The van der Waals surface area contributed by atoms with Crippen LogP contribution in [0.5, 0.6) is 5.75 Å². The van der Waals surface area contributed by atoms with Gasteiger partial charge in [-0.25, -0.2) is 0 Å².